The molecule has 8 heteroatoms. The van der Waals surface area contributed by atoms with Gasteiger partial charge in [-0.15, -0.1) is 0 Å². The summed E-state index contributed by atoms with van der Waals surface area (Å²) in [6, 6.07) is -0.581. The molecule has 1 aromatic heterocycles. The average Bonchev–Trinajstić information content (AvgIpc) is 2.57. The summed E-state index contributed by atoms with van der Waals surface area (Å²) in [5, 5.41) is 11.7. The predicted octanol–water partition coefficient (Wildman–Crippen LogP) is 0.0365. The van der Waals surface area contributed by atoms with Crippen LogP contribution in [-0.4, -0.2) is 39.0 Å². The van der Waals surface area contributed by atoms with E-state index in [1.54, 1.807) is 6.20 Å². The molecule has 1 rings (SSSR count). The molecule has 0 fully saturated rings. The van der Waals surface area contributed by atoms with Gasteiger partial charge in [0.05, 0.1) is 5.75 Å². The zero-order chi connectivity index (χ0) is 12.8. The summed E-state index contributed by atoms with van der Waals surface area (Å²) in [7, 11) is 0. The number of nitrogens with two attached hydrogens (primary N) is 1. The van der Waals surface area contributed by atoms with Crippen molar-refractivity contribution in [1.29, 1.82) is 0 Å². The Labute approximate surface area is 102 Å². The van der Waals surface area contributed by atoms with E-state index in [1.807, 2.05) is 11.5 Å². The van der Waals surface area contributed by atoms with Crippen LogP contribution in [0.25, 0.3) is 0 Å². The zero-order valence-corrected chi connectivity index (χ0v) is 10.2. The van der Waals surface area contributed by atoms with E-state index < -0.39 is 12.0 Å². The first-order chi connectivity index (χ1) is 8.00. The fourth-order valence-electron chi connectivity index (χ4n) is 1.24. The lowest BCUT2D eigenvalue weighted by atomic mass is 10.5. The maximum absolute atomic E-state index is 10.5. The second-order valence-corrected chi connectivity index (χ2v) is 4.25. The summed E-state index contributed by atoms with van der Waals surface area (Å²) in [6.45, 7) is 2.76. The molecule has 94 valence electrons. The van der Waals surface area contributed by atoms with Gasteiger partial charge in [-0.05, 0) is 6.92 Å². The third-order valence-corrected chi connectivity index (χ3v) is 2.95. The number of urea groups is 1. The summed E-state index contributed by atoms with van der Waals surface area (Å²) >= 11 is 1.14. The van der Waals surface area contributed by atoms with Gasteiger partial charge in [0.15, 0.2) is 5.16 Å². The molecule has 0 saturated heterocycles. The van der Waals surface area contributed by atoms with Crippen LogP contribution in [0.4, 0.5) is 4.79 Å². The molecule has 17 heavy (non-hydrogen) atoms. The van der Waals surface area contributed by atoms with E-state index in [4.69, 9.17) is 10.8 Å². The molecule has 1 heterocycles. The lowest BCUT2D eigenvalue weighted by molar-refractivity contribution is -0.133. The second kappa shape index (κ2) is 6.14. The van der Waals surface area contributed by atoms with Crippen LogP contribution < -0.4 is 11.1 Å². The van der Waals surface area contributed by atoms with Crippen molar-refractivity contribution in [2.45, 2.75) is 18.6 Å². The minimum absolute atomic E-state index is 0.0420. The van der Waals surface area contributed by atoms with Gasteiger partial charge in [0.2, 0.25) is 0 Å². The number of rotatable bonds is 6. The van der Waals surface area contributed by atoms with Crippen molar-refractivity contribution in [3.8, 4) is 0 Å². The number of hydrogen-bond acceptors (Lipinski definition) is 4. The highest BCUT2D eigenvalue weighted by Crippen LogP contribution is 2.17. The van der Waals surface area contributed by atoms with Gasteiger partial charge in [0.1, 0.15) is 0 Å². The number of nitrogens with one attached hydrogen (secondary N) is 1. The topological polar surface area (TPSA) is 110 Å². The van der Waals surface area contributed by atoms with Gasteiger partial charge >= 0.3 is 12.0 Å². The SMILES string of the molecule is Cc1cnc(SCC(=O)O)n1CCNC(N)=O. The van der Waals surface area contributed by atoms with Gasteiger partial charge in [-0.2, -0.15) is 0 Å². The normalized spacial score (nSPS) is 10.2. The lowest BCUT2D eigenvalue weighted by Gasteiger charge is -2.09. The van der Waals surface area contributed by atoms with Crippen LogP contribution in [0.15, 0.2) is 11.4 Å². The van der Waals surface area contributed by atoms with Gasteiger partial charge < -0.3 is 20.7 Å². The maximum Gasteiger partial charge on any atom is 0.313 e. The van der Waals surface area contributed by atoms with E-state index in [1.165, 1.54) is 0 Å². The van der Waals surface area contributed by atoms with Crippen LogP contribution in [-0.2, 0) is 11.3 Å². The van der Waals surface area contributed by atoms with Crippen LogP contribution in [0.3, 0.4) is 0 Å². The number of hydrogen-bond donors (Lipinski definition) is 3. The molecule has 0 aromatic carbocycles. The first-order valence-corrected chi connectivity index (χ1v) is 5.89. The Kier molecular flexibility index (Phi) is 4.83. The van der Waals surface area contributed by atoms with Crippen molar-refractivity contribution >= 4 is 23.8 Å². The van der Waals surface area contributed by atoms with E-state index in [0.29, 0.717) is 18.2 Å². The maximum atomic E-state index is 10.5. The minimum atomic E-state index is -0.891. The van der Waals surface area contributed by atoms with Crippen LogP contribution in [0, 0.1) is 6.92 Å². The van der Waals surface area contributed by atoms with Gasteiger partial charge in [-0.3, -0.25) is 4.79 Å². The lowest BCUT2D eigenvalue weighted by Crippen LogP contribution is -2.32. The molecule has 0 bridgehead atoms. The van der Waals surface area contributed by atoms with Crippen molar-refractivity contribution in [3.05, 3.63) is 11.9 Å². The Morgan fingerprint density at radius 2 is 2.35 bits per heavy atom. The first kappa shape index (κ1) is 13.4. The largest absolute Gasteiger partial charge is 0.481 e. The Morgan fingerprint density at radius 3 is 2.94 bits per heavy atom. The number of imidazole rings is 1. The fraction of sp³-hybridized carbons (Fsp3) is 0.444. The Balaban J connectivity index is 2.59. The summed E-state index contributed by atoms with van der Waals surface area (Å²) < 4.78 is 1.84. The zero-order valence-electron chi connectivity index (χ0n) is 9.34. The van der Waals surface area contributed by atoms with Crippen molar-refractivity contribution in [3.63, 3.8) is 0 Å². The molecule has 0 aliphatic heterocycles. The Morgan fingerprint density at radius 1 is 1.65 bits per heavy atom. The van der Waals surface area contributed by atoms with Crippen molar-refractivity contribution < 1.29 is 14.7 Å². The smallest absolute Gasteiger partial charge is 0.313 e. The number of aryl methyl sites for hydroxylation is 1. The quantitative estimate of drug-likeness (QED) is 0.624. The number of carboxylic acid groups (broad SMARTS) is 1. The molecule has 0 spiro atoms. The van der Waals surface area contributed by atoms with Gasteiger partial charge in [-0.1, -0.05) is 11.8 Å². The highest BCUT2D eigenvalue weighted by molar-refractivity contribution is 7.99. The van der Waals surface area contributed by atoms with E-state index in [2.05, 4.69) is 10.3 Å². The van der Waals surface area contributed by atoms with Gasteiger partial charge in [0, 0.05) is 25.0 Å². The monoisotopic (exact) mass is 258 g/mol. The van der Waals surface area contributed by atoms with Crippen LogP contribution in [0.2, 0.25) is 0 Å². The molecular formula is C9H14N4O3S. The van der Waals surface area contributed by atoms with Crippen LogP contribution >= 0.6 is 11.8 Å². The number of amides is 2. The van der Waals surface area contributed by atoms with E-state index in [0.717, 1.165) is 17.5 Å². The second-order valence-electron chi connectivity index (χ2n) is 3.31. The predicted molar refractivity (Wildman–Crippen MR) is 62.9 cm³/mol. The molecule has 0 saturated carbocycles. The minimum Gasteiger partial charge on any atom is -0.481 e. The van der Waals surface area contributed by atoms with Crippen LogP contribution in [0.1, 0.15) is 5.69 Å². The number of aromatic nitrogens is 2. The van der Waals surface area contributed by atoms with E-state index in [9.17, 15) is 9.59 Å². The van der Waals surface area contributed by atoms with Crippen molar-refractivity contribution in [2.24, 2.45) is 5.73 Å². The molecule has 0 atom stereocenters. The summed E-state index contributed by atoms with van der Waals surface area (Å²) in [5.74, 6) is -0.933. The number of carbonyl (C=O) groups excluding carboxylic acids is 1. The summed E-state index contributed by atoms with van der Waals surface area (Å²) in [5.41, 5.74) is 5.86. The highest BCUT2D eigenvalue weighted by atomic mass is 32.2. The third-order valence-electron chi connectivity index (χ3n) is 1.98. The van der Waals surface area contributed by atoms with Gasteiger partial charge in [0.25, 0.3) is 0 Å². The number of carboxylic acids is 1. The van der Waals surface area contributed by atoms with Crippen molar-refractivity contribution in [2.75, 3.05) is 12.3 Å². The van der Waals surface area contributed by atoms with E-state index >= 15 is 0 Å². The number of thioether (sulfide) groups is 1. The highest BCUT2D eigenvalue weighted by Gasteiger charge is 2.09. The third kappa shape index (κ3) is 4.35. The first-order valence-electron chi connectivity index (χ1n) is 4.90. The number of aliphatic carboxylic acids is 1. The average molecular weight is 258 g/mol. The number of carbonyl (C=O) groups is 2. The molecule has 0 aliphatic carbocycles. The molecule has 7 nitrogen and oxygen atoms in total. The molecule has 4 N–H and O–H groups in total. The van der Waals surface area contributed by atoms with Crippen molar-refractivity contribution in [1.82, 2.24) is 14.9 Å². The summed E-state index contributed by atoms with van der Waals surface area (Å²) in [4.78, 5) is 25.1. The standard InChI is InChI=1S/C9H14N4O3S/c1-6-4-12-9(17-5-7(14)15)13(6)3-2-11-8(10)16/h4H,2-3,5H2,1H3,(H,14,15)(H3,10,11,16). The molecule has 0 radical (unpaired) electrons. The number of primary amides is 1. The molecule has 0 aliphatic rings. The molecule has 0 unspecified atom stereocenters. The van der Waals surface area contributed by atoms with Gasteiger partial charge in [-0.25, -0.2) is 9.78 Å². The Bertz CT molecular complexity index is 418. The van der Waals surface area contributed by atoms with E-state index in [-0.39, 0.29) is 5.75 Å². The van der Waals surface area contributed by atoms with Crippen LogP contribution in [0.5, 0.6) is 0 Å². The fourth-order valence-corrected chi connectivity index (χ4v) is 2.01. The number of nitrogens with zero attached hydrogens (tertiary/aromatic N) is 2. The molecular weight excluding hydrogens is 244 g/mol. The Hall–Kier alpha value is -1.70. The molecule has 1 aromatic rings. The summed E-state index contributed by atoms with van der Waals surface area (Å²) in [6.07, 6.45) is 1.66. The molecule has 2 amide bonds.